The lowest BCUT2D eigenvalue weighted by Gasteiger charge is -2.19. The predicted octanol–water partition coefficient (Wildman–Crippen LogP) is -0.0291. The summed E-state index contributed by atoms with van der Waals surface area (Å²) in [7, 11) is 0. The van der Waals surface area contributed by atoms with Crippen LogP contribution in [-0.4, -0.2) is 30.8 Å². The van der Waals surface area contributed by atoms with E-state index in [1.807, 2.05) is 5.01 Å². The Kier molecular flexibility index (Phi) is 2.45. The van der Waals surface area contributed by atoms with Crippen LogP contribution in [0.3, 0.4) is 0 Å². The Morgan fingerprint density at radius 3 is 3.00 bits per heavy atom. The number of likely N-dealkylation sites (N-methyl/N-ethyl adjacent to an activating group) is 1. The summed E-state index contributed by atoms with van der Waals surface area (Å²) < 4.78 is 5.16. The molecule has 0 aromatic rings. The van der Waals surface area contributed by atoms with Gasteiger partial charge in [-0.2, -0.15) is 0 Å². The minimum absolute atomic E-state index is 0.468. The summed E-state index contributed by atoms with van der Waals surface area (Å²) in [5, 5.41) is 1.84. The number of rotatable bonds is 2. The Morgan fingerprint density at radius 1 is 1.78 bits per heavy atom. The fourth-order valence-electron chi connectivity index (χ4n) is 1.04. The van der Waals surface area contributed by atoms with Crippen molar-refractivity contribution in [2.45, 2.75) is 19.4 Å². The fourth-order valence-corrected chi connectivity index (χ4v) is 1.04. The van der Waals surface area contributed by atoms with Gasteiger partial charge in [0.25, 0.3) is 0 Å². The first-order chi connectivity index (χ1) is 4.34. The fraction of sp³-hybridized carbons (Fsp3) is 1.00. The van der Waals surface area contributed by atoms with Crippen LogP contribution < -0.4 is 5.84 Å². The smallest absolute Gasteiger partial charge is 0.0636 e. The third kappa shape index (κ3) is 1.64. The van der Waals surface area contributed by atoms with Crippen molar-refractivity contribution >= 4 is 0 Å². The second-order valence-electron chi connectivity index (χ2n) is 2.35. The van der Waals surface area contributed by atoms with Crippen LogP contribution in [0.1, 0.15) is 13.3 Å². The molecule has 3 nitrogen and oxygen atoms in total. The highest BCUT2D eigenvalue weighted by Crippen LogP contribution is 2.07. The highest BCUT2D eigenvalue weighted by molar-refractivity contribution is 4.70. The Labute approximate surface area is 55.7 Å². The van der Waals surface area contributed by atoms with Gasteiger partial charge in [0.1, 0.15) is 0 Å². The van der Waals surface area contributed by atoms with Crippen molar-refractivity contribution in [1.82, 2.24) is 5.01 Å². The van der Waals surface area contributed by atoms with Gasteiger partial charge in [-0.3, -0.25) is 5.84 Å². The maximum absolute atomic E-state index is 5.63. The van der Waals surface area contributed by atoms with Gasteiger partial charge >= 0.3 is 0 Å². The average molecular weight is 130 g/mol. The molecule has 54 valence electrons. The quantitative estimate of drug-likeness (QED) is 0.421. The van der Waals surface area contributed by atoms with E-state index >= 15 is 0 Å². The van der Waals surface area contributed by atoms with Crippen LogP contribution in [0.2, 0.25) is 0 Å². The van der Waals surface area contributed by atoms with E-state index in [9.17, 15) is 0 Å². The molecule has 1 atom stereocenters. The van der Waals surface area contributed by atoms with E-state index in [1.165, 1.54) is 0 Å². The summed E-state index contributed by atoms with van der Waals surface area (Å²) >= 11 is 0. The summed E-state index contributed by atoms with van der Waals surface area (Å²) in [5.41, 5.74) is 0. The molecule has 1 rings (SSSR count). The maximum Gasteiger partial charge on any atom is 0.0636 e. The van der Waals surface area contributed by atoms with Crippen LogP contribution in [0, 0.1) is 0 Å². The molecule has 1 aliphatic rings. The molecule has 0 spiro atoms. The van der Waals surface area contributed by atoms with Crippen LogP contribution >= 0.6 is 0 Å². The molecule has 0 amide bonds. The van der Waals surface area contributed by atoms with Gasteiger partial charge < -0.3 is 4.74 Å². The molecule has 0 saturated carbocycles. The number of hydrazine groups is 1. The van der Waals surface area contributed by atoms with Gasteiger partial charge in [0.15, 0.2) is 0 Å². The highest BCUT2D eigenvalue weighted by atomic mass is 16.5. The third-order valence-corrected chi connectivity index (χ3v) is 1.74. The number of nitrogens with two attached hydrogens (primary N) is 1. The third-order valence-electron chi connectivity index (χ3n) is 1.74. The second-order valence-corrected chi connectivity index (χ2v) is 2.35. The van der Waals surface area contributed by atoms with E-state index in [2.05, 4.69) is 6.92 Å². The molecule has 0 aliphatic carbocycles. The van der Waals surface area contributed by atoms with E-state index < -0.39 is 0 Å². The van der Waals surface area contributed by atoms with Crippen LogP contribution in [0.25, 0.3) is 0 Å². The van der Waals surface area contributed by atoms with Gasteiger partial charge in [-0.05, 0) is 6.42 Å². The molecule has 0 aromatic heterocycles. The first-order valence-electron chi connectivity index (χ1n) is 3.43. The molecule has 1 saturated heterocycles. The van der Waals surface area contributed by atoms with Crippen molar-refractivity contribution < 1.29 is 4.74 Å². The van der Waals surface area contributed by atoms with Crippen LogP contribution in [-0.2, 0) is 4.74 Å². The molecule has 9 heavy (non-hydrogen) atoms. The topological polar surface area (TPSA) is 38.5 Å². The van der Waals surface area contributed by atoms with Crippen LogP contribution in [0.4, 0.5) is 0 Å². The standard InChI is InChI=1S/C6H14N2O/c1-2-8(7)6-3-4-9-5-6/h6H,2-5,7H2,1H3/t6-/m1/s1. The Hall–Kier alpha value is -0.120. The molecular weight excluding hydrogens is 116 g/mol. The largest absolute Gasteiger partial charge is 0.380 e. The van der Waals surface area contributed by atoms with Crippen molar-refractivity contribution in [3.05, 3.63) is 0 Å². The monoisotopic (exact) mass is 130 g/mol. The maximum atomic E-state index is 5.63. The molecule has 2 N–H and O–H groups in total. The molecule has 0 bridgehead atoms. The number of hydrogen-bond donors (Lipinski definition) is 1. The zero-order chi connectivity index (χ0) is 6.69. The lowest BCUT2D eigenvalue weighted by molar-refractivity contribution is 0.148. The molecule has 3 heteroatoms. The Morgan fingerprint density at radius 2 is 2.56 bits per heavy atom. The summed E-state index contributed by atoms with van der Waals surface area (Å²) in [6.45, 7) is 4.65. The molecule has 1 heterocycles. The van der Waals surface area contributed by atoms with E-state index in [1.54, 1.807) is 0 Å². The zero-order valence-electron chi connectivity index (χ0n) is 5.84. The van der Waals surface area contributed by atoms with E-state index in [0.29, 0.717) is 6.04 Å². The van der Waals surface area contributed by atoms with E-state index in [0.717, 1.165) is 26.2 Å². The summed E-state index contributed by atoms with van der Waals surface area (Å²) in [4.78, 5) is 0. The molecule has 0 radical (unpaired) electrons. The average Bonchev–Trinajstić information content (AvgIpc) is 2.37. The van der Waals surface area contributed by atoms with Crippen LogP contribution in [0.5, 0.6) is 0 Å². The molecule has 1 fully saturated rings. The van der Waals surface area contributed by atoms with Gasteiger partial charge in [-0.25, -0.2) is 5.01 Å². The molecule has 0 aromatic carbocycles. The lowest BCUT2D eigenvalue weighted by atomic mass is 10.2. The summed E-state index contributed by atoms with van der Waals surface area (Å²) in [6.07, 6.45) is 1.09. The SMILES string of the molecule is CCN(N)[C@@H]1CCOC1. The van der Waals surface area contributed by atoms with Crippen LogP contribution in [0.15, 0.2) is 0 Å². The minimum Gasteiger partial charge on any atom is -0.380 e. The van der Waals surface area contributed by atoms with E-state index in [4.69, 9.17) is 10.6 Å². The number of hydrogen-bond acceptors (Lipinski definition) is 3. The Balaban J connectivity index is 2.24. The normalized spacial score (nSPS) is 27.7. The first kappa shape index (κ1) is 6.99. The first-order valence-corrected chi connectivity index (χ1v) is 3.43. The number of nitrogens with zero attached hydrogens (tertiary/aromatic N) is 1. The van der Waals surface area contributed by atoms with Gasteiger partial charge in [-0.1, -0.05) is 6.92 Å². The van der Waals surface area contributed by atoms with Gasteiger partial charge in [-0.15, -0.1) is 0 Å². The van der Waals surface area contributed by atoms with Crippen molar-refractivity contribution in [2.75, 3.05) is 19.8 Å². The highest BCUT2D eigenvalue weighted by Gasteiger charge is 2.18. The number of ether oxygens (including phenoxy) is 1. The predicted molar refractivity (Wildman–Crippen MR) is 35.8 cm³/mol. The van der Waals surface area contributed by atoms with Gasteiger partial charge in [0, 0.05) is 19.2 Å². The van der Waals surface area contributed by atoms with Crippen molar-refractivity contribution in [1.29, 1.82) is 0 Å². The summed E-state index contributed by atoms with van der Waals surface area (Å²) in [6, 6.07) is 0.468. The van der Waals surface area contributed by atoms with Crippen molar-refractivity contribution in [3.63, 3.8) is 0 Å². The second kappa shape index (κ2) is 3.15. The molecule has 1 aliphatic heterocycles. The zero-order valence-corrected chi connectivity index (χ0v) is 5.84. The van der Waals surface area contributed by atoms with E-state index in [-0.39, 0.29) is 0 Å². The van der Waals surface area contributed by atoms with Crippen molar-refractivity contribution in [2.24, 2.45) is 5.84 Å². The summed E-state index contributed by atoms with van der Waals surface area (Å²) in [5.74, 6) is 5.63. The molecular formula is C6H14N2O. The van der Waals surface area contributed by atoms with Gasteiger partial charge in [0.2, 0.25) is 0 Å². The Bertz CT molecular complexity index is 81.1. The van der Waals surface area contributed by atoms with Gasteiger partial charge in [0.05, 0.1) is 6.61 Å². The van der Waals surface area contributed by atoms with Crippen molar-refractivity contribution in [3.8, 4) is 0 Å². The lowest BCUT2D eigenvalue weighted by Crippen LogP contribution is -2.41. The molecule has 0 unspecified atom stereocenters. The minimum atomic E-state index is 0.468.